The third-order valence-corrected chi connectivity index (χ3v) is 5.45. The van der Waals surface area contributed by atoms with Crippen molar-refractivity contribution in [1.82, 2.24) is 0 Å². The highest BCUT2D eigenvalue weighted by molar-refractivity contribution is 9.10. The predicted molar refractivity (Wildman–Crippen MR) is 114 cm³/mol. The number of methoxy groups -OCH3 is 2. The molecule has 1 atom stereocenters. The molecule has 1 heterocycles. The Labute approximate surface area is 190 Å². The first kappa shape index (κ1) is 23.0. The first-order valence-corrected chi connectivity index (χ1v) is 9.86. The van der Waals surface area contributed by atoms with Gasteiger partial charge in [0.1, 0.15) is 23.2 Å². The minimum atomic E-state index is -1.09. The van der Waals surface area contributed by atoms with Gasteiger partial charge in [0, 0.05) is 6.07 Å². The van der Waals surface area contributed by atoms with E-state index in [0.717, 1.165) is 25.2 Å². The van der Waals surface area contributed by atoms with Gasteiger partial charge in [-0.3, -0.25) is 4.90 Å². The lowest BCUT2D eigenvalue weighted by molar-refractivity contribution is -0.139. The van der Waals surface area contributed by atoms with Gasteiger partial charge in [0.25, 0.3) is 0 Å². The molecule has 0 aromatic heterocycles. The highest BCUT2D eigenvalue weighted by Crippen LogP contribution is 2.44. The zero-order chi connectivity index (χ0) is 23.6. The largest absolute Gasteiger partial charge is 0.466 e. The third kappa shape index (κ3) is 3.83. The minimum Gasteiger partial charge on any atom is -0.466 e. The third-order valence-electron chi connectivity index (χ3n) is 4.84. The molecule has 164 valence electrons. The van der Waals surface area contributed by atoms with E-state index in [4.69, 9.17) is 15.2 Å². The van der Waals surface area contributed by atoms with Crippen LogP contribution in [0, 0.1) is 23.0 Å². The second-order valence-corrected chi connectivity index (χ2v) is 7.41. The van der Waals surface area contributed by atoms with Crippen molar-refractivity contribution < 1.29 is 27.8 Å². The summed E-state index contributed by atoms with van der Waals surface area (Å²) in [7, 11) is 2.16. The van der Waals surface area contributed by atoms with Crippen LogP contribution in [-0.4, -0.2) is 26.2 Å². The molecular weight excluding hydrogens is 488 g/mol. The number of rotatable bonds is 4. The van der Waals surface area contributed by atoms with Gasteiger partial charge in [-0.25, -0.2) is 18.4 Å². The quantitative estimate of drug-likeness (QED) is 0.501. The van der Waals surface area contributed by atoms with Crippen molar-refractivity contribution in [3.63, 3.8) is 0 Å². The Morgan fingerprint density at radius 1 is 1.09 bits per heavy atom. The summed E-state index contributed by atoms with van der Waals surface area (Å²) in [6.07, 6.45) is 0. The maximum atomic E-state index is 14.8. The van der Waals surface area contributed by atoms with Gasteiger partial charge in [-0.1, -0.05) is 30.3 Å². The minimum absolute atomic E-state index is 0.130. The molecule has 7 nitrogen and oxygen atoms in total. The predicted octanol–water partition coefficient (Wildman–Crippen LogP) is 3.63. The van der Waals surface area contributed by atoms with Crippen LogP contribution >= 0.6 is 15.9 Å². The number of benzene rings is 2. The molecule has 2 aromatic rings. The zero-order valence-electron chi connectivity index (χ0n) is 16.9. The molecule has 1 aliphatic rings. The van der Waals surface area contributed by atoms with Crippen LogP contribution in [0.4, 0.5) is 14.5 Å². The number of carbonyl (C=O) groups is 2. The van der Waals surface area contributed by atoms with E-state index < -0.39 is 35.2 Å². The van der Waals surface area contributed by atoms with Crippen molar-refractivity contribution >= 4 is 33.6 Å². The Balaban J connectivity index is 2.46. The summed E-state index contributed by atoms with van der Waals surface area (Å²) in [5, 5.41) is 9.91. The fraction of sp³-hybridized carbons (Fsp3) is 0.136. The number of anilines is 1. The number of hydrogen-bond donors (Lipinski definition) is 1. The van der Waals surface area contributed by atoms with E-state index in [-0.39, 0.29) is 27.1 Å². The van der Waals surface area contributed by atoms with Crippen LogP contribution in [0.15, 0.2) is 69.6 Å². The van der Waals surface area contributed by atoms with Crippen LogP contribution < -0.4 is 10.6 Å². The Morgan fingerprint density at radius 2 is 1.72 bits per heavy atom. The van der Waals surface area contributed by atoms with Gasteiger partial charge in [0.15, 0.2) is 0 Å². The van der Waals surface area contributed by atoms with Crippen molar-refractivity contribution in [2.75, 3.05) is 19.1 Å². The second-order valence-electron chi connectivity index (χ2n) is 6.55. The Morgan fingerprint density at radius 3 is 2.28 bits per heavy atom. The van der Waals surface area contributed by atoms with Crippen molar-refractivity contribution in [2.45, 2.75) is 5.92 Å². The summed E-state index contributed by atoms with van der Waals surface area (Å²) in [5.74, 6) is -5.39. The molecule has 0 saturated heterocycles. The monoisotopic (exact) mass is 503 g/mol. The number of allylic oxidation sites excluding steroid dienone is 1. The van der Waals surface area contributed by atoms with Crippen LogP contribution in [0.5, 0.6) is 0 Å². The lowest BCUT2D eigenvalue weighted by Gasteiger charge is -2.36. The molecule has 3 rings (SSSR count). The molecule has 0 fully saturated rings. The number of nitrogens with zero attached hydrogens (tertiary/aromatic N) is 2. The molecule has 2 N–H and O–H groups in total. The summed E-state index contributed by atoms with van der Waals surface area (Å²) >= 11 is 2.97. The molecule has 1 aliphatic heterocycles. The summed E-state index contributed by atoms with van der Waals surface area (Å²) in [6, 6.07) is 11.9. The number of nitriles is 1. The van der Waals surface area contributed by atoms with Crippen LogP contribution in [-0.2, 0) is 19.1 Å². The van der Waals surface area contributed by atoms with Gasteiger partial charge >= 0.3 is 11.9 Å². The lowest BCUT2D eigenvalue weighted by atomic mass is 9.81. The van der Waals surface area contributed by atoms with Crippen LogP contribution in [0.2, 0.25) is 0 Å². The smallest absolute Gasteiger partial charge is 0.355 e. The SMILES string of the molecule is COC(=O)C1=C(C(=O)OC)N(c2cc(Br)c(F)cc2F)C(N)=C(C#N)C1c1ccccc1. The molecule has 2 aromatic carbocycles. The Kier molecular flexibility index (Phi) is 6.60. The van der Waals surface area contributed by atoms with Crippen LogP contribution in [0.3, 0.4) is 0 Å². The fourth-order valence-electron chi connectivity index (χ4n) is 3.45. The molecule has 0 amide bonds. The number of ether oxygens (including phenoxy) is 2. The topological polar surface area (TPSA) is 106 Å². The summed E-state index contributed by atoms with van der Waals surface area (Å²) in [4.78, 5) is 26.6. The zero-order valence-corrected chi connectivity index (χ0v) is 18.4. The van der Waals surface area contributed by atoms with Crippen molar-refractivity contribution in [3.05, 3.63) is 86.8 Å². The van der Waals surface area contributed by atoms with Crippen LogP contribution in [0.25, 0.3) is 0 Å². The molecule has 0 aliphatic carbocycles. The van der Waals surface area contributed by atoms with Gasteiger partial charge < -0.3 is 15.2 Å². The van der Waals surface area contributed by atoms with Gasteiger partial charge in [-0.2, -0.15) is 5.26 Å². The van der Waals surface area contributed by atoms with E-state index >= 15 is 0 Å². The number of carbonyl (C=O) groups excluding carboxylic acids is 2. The highest BCUT2D eigenvalue weighted by atomic mass is 79.9. The van der Waals surface area contributed by atoms with Crippen LogP contribution in [0.1, 0.15) is 11.5 Å². The number of halogens is 3. The van der Waals surface area contributed by atoms with Gasteiger partial charge in [-0.05, 0) is 27.6 Å². The number of hydrogen-bond acceptors (Lipinski definition) is 7. The van der Waals surface area contributed by atoms with Gasteiger partial charge in [-0.15, -0.1) is 0 Å². The number of nitrogens with two attached hydrogens (primary N) is 1. The molecule has 0 spiro atoms. The van der Waals surface area contributed by atoms with Gasteiger partial charge in [0.2, 0.25) is 0 Å². The van der Waals surface area contributed by atoms with E-state index in [1.165, 1.54) is 0 Å². The maximum Gasteiger partial charge on any atom is 0.355 e. The van der Waals surface area contributed by atoms with E-state index in [1.807, 2.05) is 6.07 Å². The first-order chi connectivity index (χ1) is 15.3. The standard InChI is InChI=1S/C22H16BrF2N3O4/c1-31-21(29)18-17(11-6-4-3-5-7-11)12(10-26)20(27)28(19(18)22(30)32-2)16-8-13(23)14(24)9-15(16)25/h3-9,17H,27H2,1-2H3. The average molecular weight is 504 g/mol. The number of esters is 2. The normalized spacial score (nSPS) is 16.0. The summed E-state index contributed by atoms with van der Waals surface area (Å²) < 4.78 is 38.3. The Bertz CT molecular complexity index is 1210. The highest BCUT2D eigenvalue weighted by Gasteiger charge is 2.43. The molecule has 0 bridgehead atoms. The summed E-state index contributed by atoms with van der Waals surface area (Å²) in [5.41, 5.74) is 5.47. The molecule has 10 heteroatoms. The molecule has 0 radical (unpaired) electrons. The molecular formula is C22H16BrF2N3O4. The molecule has 0 saturated carbocycles. The molecule has 1 unspecified atom stereocenters. The van der Waals surface area contributed by atoms with Crippen molar-refractivity contribution in [3.8, 4) is 6.07 Å². The first-order valence-electron chi connectivity index (χ1n) is 9.06. The van der Waals surface area contributed by atoms with Crippen molar-refractivity contribution in [1.29, 1.82) is 5.26 Å². The van der Waals surface area contributed by atoms with E-state index in [2.05, 4.69) is 15.9 Å². The van der Waals surface area contributed by atoms with E-state index in [1.54, 1.807) is 30.3 Å². The molecule has 32 heavy (non-hydrogen) atoms. The fourth-order valence-corrected chi connectivity index (χ4v) is 3.78. The van der Waals surface area contributed by atoms with Crippen molar-refractivity contribution in [2.24, 2.45) is 5.73 Å². The lowest BCUT2D eigenvalue weighted by Crippen LogP contribution is -2.41. The second kappa shape index (κ2) is 9.20. The van der Waals surface area contributed by atoms with E-state index in [0.29, 0.717) is 11.6 Å². The maximum absolute atomic E-state index is 14.8. The average Bonchev–Trinajstić information content (AvgIpc) is 2.80. The van der Waals surface area contributed by atoms with Gasteiger partial charge in [0.05, 0.1) is 47.5 Å². The Hall–Kier alpha value is -3.71. The van der Waals surface area contributed by atoms with E-state index in [9.17, 15) is 23.6 Å². The summed E-state index contributed by atoms with van der Waals surface area (Å²) in [6.45, 7) is 0.